The maximum absolute atomic E-state index is 12.6. The Kier molecular flexibility index (Phi) is 15.8. The summed E-state index contributed by atoms with van der Waals surface area (Å²) >= 11 is 0. The highest BCUT2D eigenvalue weighted by Crippen LogP contribution is 2.50. The molecule has 0 spiro atoms. The third-order valence-electron chi connectivity index (χ3n) is 8.28. The van der Waals surface area contributed by atoms with Crippen LogP contribution in [-0.2, 0) is 9.59 Å². The molecular formula is C30H56O4. The minimum atomic E-state index is -0.838. The van der Waals surface area contributed by atoms with E-state index >= 15 is 0 Å². The lowest BCUT2D eigenvalue weighted by Crippen LogP contribution is -2.47. The molecule has 4 nitrogen and oxygen atoms in total. The molecule has 3 atom stereocenters. The highest BCUT2D eigenvalue weighted by molar-refractivity contribution is 5.78. The second kappa shape index (κ2) is 17.4. The summed E-state index contributed by atoms with van der Waals surface area (Å²) in [5, 5.41) is 20.2. The Labute approximate surface area is 210 Å². The van der Waals surface area contributed by atoms with Crippen molar-refractivity contribution in [3.8, 4) is 0 Å². The number of hydrogen-bond donors (Lipinski definition) is 2. The molecule has 1 aliphatic rings. The molecule has 0 heterocycles. The van der Waals surface area contributed by atoms with E-state index in [2.05, 4.69) is 27.7 Å². The Balaban J connectivity index is 2.52. The van der Waals surface area contributed by atoms with E-state index in [1.165, 1.54) is 57.8 Å². The van der Waals surface area contributed by atoms with E-state index in [1.54, 1.807) is 0 Å². The summed E-state index contributed by atoms with van der Waals surface area (Å²) < 4.78 is 0. The molecule has 3 unspecified atom stereocenters. The highest BCUT2D eigenvalue weighted by atomic mass is 16.4. The number of aliphatic carboxylic acids is 2. The van der Waals surface area contributed by atoms with Crippen LogP contribution < -0.4 is 0 Å². The summed E-state index contributed by atoms with van der Waals surface area (Å²) in [6.07, 6.45) is 20.1. The van der Waals surface area contributed by atoms with Gasteiger partial charge in [-0.25, -0.2) is 0 Å². The molecular weight excluding hydrogens is 424 g/mol. The molecule has 34 heavy (non-hydrogen) atoms. The van der Waals surface area contributed by atoms with Crippen LogP contribution in [0.1, 0.15) is 150 Å². The van der Waals surface area contributed by atoms with E-state index in [0.717, 1.165) is 50.9 Å². The van der Waals surface area contributed by atoms with Gasteiger partial charge in [0.2, 0.25) is 0 Å². The van der Waals surface area contributed by atoms with Crippen molar-refractivity contribution in [3.63, 3.8) is 0 Å². The van der Waals surface area contributed by atoms with Gasteiger partial charge in [0.15, 0.2) is 0 Å². The average Bonchev–Trinajstić information content (AvgIpc) is 2.77. The van der Waals surface area contributed by atoms with E-state index in [0.29, 0.717) is 25.2 Å². The maximum atomic E-state index is 12.6. The molecule has 0 aromatic heterocycles. The van der Waals surface area contributed by atoms with Crippen molar-refractivity contribution < 1.29 is 19.8 Å². The number of unbranched alkanes of at least 4 members (excludes halogenated alkanes) is 10. The number of hydrogen-bond acceptors (Lipinski definition) is 2. The summed E-state index contributed by atoms with van der Waals surface area (Å²) in [6.45, 7) is 9.06. The van der Waals surface area contributed by atoms with Crippen LogP contribution in [0.5, 0.6) is 0 Å². The van der Waals surface area contributed by atoms with Crippen molar-refractivity contribution in [1.29, 1.82) is 0 Å². The van der Waals surface area contributed by atoms with Gasteiger partial charge in [0, 0.05) is 0 Å². The Hall–Kier alpha value is -1.06. The number of rotatable bonds is 20. The van der Waals surface area contributed by atoms with Crippen molar-refractivity contribution in [1.82, 2.24) is 0 Å². The van der Waals surface area contributed by atoms with Gasteiger partial charge >= 0.3 is 11.9 Å². The maximum Gasteiger partial charge on any atom is 0.309 e. The van der Waals surface area contributed by atoms with Crippen LogP contribution in [-0.4, -0.2) is 22.2 Å². The molecule has 0 saturated heterocycles. The van der Waals surface area contributed by atoms with Gasteiger partial charge < -0.3 is 10.2 Å². The first kappa shape index (κ1) is 31.0. The molecule has 0 amide bonds. The molecule has 0 radical (unpaired) electrons. The van der Waals surface area contributed by atoms with Crippen LogP contribution in [0.3, 0.4) is 0 Å². The van der Waals surface area contributed by atoms with E-state index in [-0.39, 0.29) is 5.92 Å². The molecule has 1 rings (SSSR count). The lowest BCUT2D eigenvalue weighted by Gasteiger charge is -2.44. The minimum absolute atomic E-state index is 0.219. The molecule has 0 aliphatic heterocycles. The van der Waals surface area contributed by atoms with Gasteiger partial charge in [-0.2, -0.15) is 0 Å². The van der Waals surface area contributed by atoms with Crippen LogP contribution in [0.15, 0.2) is 0 Å². The zero-order chi connectivity index (χ0) is 25.4. The second-order valence-corrected chi connectivity index (χ2v) is 12.1. The van der Waals surface area contributed by atoms with E-state index in [4.69, 9.17) is 0 Å². The first-order valence-electron chi connectivity index (χ1n) is 14.7. The fraction of sp³-hybridized carbons (Fsp3) is 0.933. The average molecular weight is 481 g/mol. The van der Waals surface area contributed by atoms with E-state index in [9.17, 15) is 19.8 Å². The van der Waals surface area contributed by atoms with Crippen LogP contribution >= 0.6 is 0 Å². The molecule has 1 aliphatic carbocycles. The molecule has 0 bridgehead atoms. The molecule has 0 aromatic rings. The van der Waals surface area contributed by atoms with Crippen molar-refractivity contribution in [2.75, 3.05) is 0 Å². The predicted molar refractivity (Wildman–Crippen MR) is 142 cm³/mol. The van der Waals surface area contributed by atoms with Gasteiger partial charge in [0.05, 0.1) is 11.3 Å². The number of carbonyl (C=O) groups is 2. The quantitative estimate of drug-likeness (QED) is 0.170. The van der Waals surface area contributed by atoms with Crippen LogP contribution in [0.4, 0.5) is 0 Å². The largest absolute Gasteiger partial charge is 0.481 e. The third kappa shape index (κ3) is 11.6. The van der Waals surface area contributed by atoms with Crippen molar-refractivity contribution >= 4 is 11.9 Å². The molecule has 1 fully saturated rings. The fourth-order valence-corrected chi connectivity index (χ4v) is 6.19. The second-order valence-electron chi connectivity index (χ2n) is 12.1. The smallest absolute Gasteiger partial charge is 0.309 e. The summed E-state index contributed by atoms with van der Waals surface area (Å²) in [4.78, 5) is 24.6. The van der Waals surface area contributed by atoms with E-state index in [1.807, 2.05) is 0 Å². The number of carboxylic acid groups (broad SMARTS) is 2. The lowest BCUT2D eigenvalue weighted by molar-refractivity contribution is -0.164. The predicted octanol–water partition coefficient (Wildman–Crippen LogP) is 9.11. The summed E-state index contributed by atoms with van der Waals surface area (Å²) in [5.41, 5.74) is -0.838. The van der Waals surface area contributed by atoms with Gasteiger partial charge in [0.25, 0.3) is 0 Å². The molecule has 1 saturated carbocycles. The van der Waals surface area contributed by atoms with Crippen molar-refractivity contribution in [2.24, 2.45) is 29.1 Å². The Morgan fingerprint density at radius 3 is 1.68 bits per heavy atom. The summed E-state index contributed by atoms with van der Waals surface area (Å²) in [7, 11) is 0. The fourth-order valence-electron chi connectivity index (χ4n) is 6.19. The van der Waals surface area contributed by atoms with Gasteiger partial charge in [-0.05, 0) is 43.4 Å². The normalized spacial score (nSPS) is 23.0. The van der Waals surface area contributed by atoms with E-state index < -0.39 is 23.3 Å². The first-order valence-corrected chi connectivity index (χ1v) is 14.7. The van der Waals surface area contributed by atoms with Crippen LogP contribution in [0.25, 0.3) is 0 Å². The number of carboxylic acids is 2. The topological polar surface area (TPSA) is 74.6 Å². The SMILES string of the molecule is CC(C)CCCCCCCCCCC1C(C(=O)O)CCCC1(CCCCCCC(C)C)C(=O)O. The third-order valence-corrected chi connectivity index (χ3v) is 8.28. The van der Waals surface area contributed by atoms with Crippen LogP contribution in [0.2, 0.25) is 0 Å². The standard InChI is InChI=1S/C30H56O4/c1-24(2)18-13-9-7-5-6-8-10-15-21-27-26(28(31)32)20-17-23-30(27,29(33)34)22-16-12-11-14-19-25(3)4/h24-27H,5-23H2,1-4H3,(H,31,32)(H,33,34). The van der Waals surface area contributed by atoms with Crippen LogP contribution in [0, 0.1) is 29.1 Å². The lowest BCUT2D eigenvalue weighted by atomic mass is 9.58. The summed E-state index contributed by atoms with van der Waals surface area (Å²) in [6, 6.07) is 0. The minimum Gasteiger partial charge on any atom is -0.481 e. The van der Waals surface area contributed by atoms with Crippen molar-refractivity contribution in [3.05, 3.63) is 0 Å². The Morgan fingerprint density at radius 2 is 1.21 bits per heavy atom. The molecule has 200 valence electrons. The summed E-state index contributed by atoms with van der Waals surface area (Å²) in [5.74, 6) is -0.720. The zero-order valence-electron chi connectivity index (χ0n) is 23.0. The van der Waals surface area contributed by atoms with Gasteiger partial charge in [-0.15, -0.1) is 0 Å². The monoisotopic (exact) mass is 480 g/mol. The van der Waals surface area contributed by atoms with Crippen molar-refractivity contribution in [2.45, 2.75) is 150 Å². The highest BCUT2D eigenvalue weighted by Gasteiger charge is 2.52. The Morgan fingerprint density at radius 1 is 0.735 bits per heavy atom. The molecule has 0 aromatic carbocycles. The molecule has 4 heteroatoms. The zero-order valence-corrected chi connectivity index (χ0v) is 23.0. The molecule has 2 N–H and O–H groups in total. The van der Waals surface area contributed by atoms with Gasteiger partial charge in [-0.3, -0.25) is 9.59 Å². The van der Waals surface area contributed by atoms with Gasteiger partial charge in [-0.1, -0.05) is 124 Å². The first-order chi connectivity index (χ1) is 16.2. The Bertz CT molecular complexity index is 556. The van der Waals surface area contributed by atoms with Gasteiger partial charge in [0.1, 0.15) is 0 Å².